The van der Waals surface area contributed by atoms with Crippen molar-refractivity contribution in [3.05, 3.63) is 28.0 Å². The summed E-state index contributed by atoms with van der Waals surface area (Å²) in [6.45, 7) is 4.97. The molecule has 0 spiro atoms. The topological polar surface area (TPSA) is 66.6 Å². The molecule has 0 atom stereocenters. The molecule has 0 unspecified atom stereocenters. The normalized spacial score (nSPS) is 16.6. The summed E-state index contributed by atoms with van der Waals surface area (Å²) < 4.78 is 5.28. The first kappa shape index (κ1) is 14.7. The average Bonchev–Trinajstić information content (AvgIpc) is 2.98. The Kier molecular flexibility index (Phi) is 5.74. The van der Waals surface area contributed by atoms with E-state index in [1.54, 1.807) is 6.08 Å². The number of quaternary nitrogens is 1. The van der Waals surface area contributed by atoms with Gasteiger partial charge in [-0.3, -0.25) is 4.79 Å². The number of nitriles is 1. The summed E-state index contributed by atoms with van der Waals surface area (Å²) in [6, 6.07) is 5.73. The van der Waals surface area contributed by atoms with Crippen LogP contribution >= 0.6 is 11.3 Å². The smallest absolute Gasteiger partial charge is 0.262 e. The van der Waals surface area contributed by atoms with Gasteiger partial charge >= 0.3 is 0 Å². The van der Waals surface area contributed by atoms with Crippen LogP contribution in [0.15, 0.2) is 23.1 Å². The molecule has 1 saturated heterocycles. The van der Waals surface area contributed by atoms with E-state index in [0.29, 0.717) is 6.54 Å². The standard InChI is InChI=1S/C14H17N3O2S/c15-11-12(10-13-2-1-9-20-13)14(18)16-3-4-17-5-7-19-8-6-17/h1-2,9-10H,3-8H2,(H,16,18)/p+1/b12-10-. The monoisotopic (exact) mass is 292 g/mol. The fraction of sp³-hybridized carbons (Fsp3) is 0.429. The lowest BCUT2D eigenvalue weighted by Crippen LogP contribution is -3.14. The number of carbonyl (C=O) groups is 1. The van der Waals surface area contributed by atoms with Gasteiger partial charge in [-0.05, 0) is 17.5 Å². The van der Waals surface area contributed by atoms with Crippen LogP contribution in [0.5, 0.6) is 0 Å². The Balaban J connectivity index is 1.79. The van der Waals surface area contributed by atoms with Gasteiger partial charge in [0, 0.05) is 4.88 Å². The summed E-state index contributed by atoms with van der Waals surface area (Å²) in [5.41, 5.74) is 0.157. The zero-order valence-electron chi connectivity index (χ0n) is 11.2. The molecule has 1 aromatic heterocycles. The molecule has 1 aliphatic heterocycles. The molecule has 20 heavy (non-hydrogen) atoms. The highest BCUT2D eigenvalue weighted by Crippen LogP contribution is 2.12. The highest BCUT2D eigenvalue weighted by Gasteiger charge is 2.14. The minimum atomic E-state index is -0.298. The number of nitrogens with zero attached hydrogens (tertiary/aromatic N) is 1. The Morgan fingerprint density at radius 2 is 2.35 bits per heavy atom. The molecule has 106 valence electrons. The first-order chi connectivity index (χ1) is 9.79. The summed E-state index contributed by atoms with van der Waals surface area (Å²) in [5, 5.41) is 13.8. The maximum Gasteiger partial charge on any atom is 0.262 e. The minimum Gasteiger partial charge on any atom is -0.370 e. The van der Waals surface area contributed by atoms with Crippen LogP contribution in [0.1, 0.15) is 4.88 Å². The Morgan fingerprint density at radius 1 is 1.55 bits per heavy atom. The summed E-state index contributed by atoms with van der Waals surface area (Å²) >= 11 is 1.51. The van der Waals surface area contributed by atoms with Crippen molar-refractivity contribution in [2.24, 2.45) is 0 Å². The minimum absolute atomic E-state index is 0.157. The Labute approximate surface area is 122 Å². The highest BCUT2D eigenvalue weighted by atomic mass is 32.1. The maximum absolute atomic E-state index is 11.9. The quantitative estimate of drug-likeness (QED) is 0.578. The molecular weight excluding hydrogens is 274 g/mol. The van der Waals surface area contributed by atoms with Crippen LogP contribution < -0.4 is 10.2 Å². The van der Waals surface area contributed by atoms with Crippen molar-refractivity contribution in [2.75, 3.05) is 39.4 Å². The van der Waals surface area contributed by atoms with E-state index in [1.807, 2.05) is 23.6 Å². The average molecular weight is 292 g/mol. The number of ether oxygens (including phenoxy) is 1. The number of rotatable bonds is 5. The second-order valence-corrected chi connectivity index (χ2v) is 5.53. The summed E-state index contributed by atoms with van der Waals surface area (Å²) in [7, 11) is 0. The van der Waals surface area contributed by atoms with Crippen LogP contribution in [0.25, 0.3) is 6.08 Å². The van der Waals surface area contributed by atoms with Crippen LogP contribution in [0.2, 0.25) is 0 Å². The van der Waals surface area contributed by atoms with Gasteiger partial charge in [0.1, 0.15) is 24.7 Å². The molecular formula is C14H18N3O2S+. The van der Waals surface area contributed by atoms with E-state index in [1.165, 1.54) is 16.2 Å². The van der Waals surface area contributed by atoms with Gasteiger partial charge < -0.3 is 15.0 Å². The SMILES string of the molecule is N#C/C(=C/c1cccs1)C(=O)NCC[NH+]1CCOCC1. The van der Waals surface area contributed by atoms with E-state index in [0.717, 1.165) is 37.7 Å². The third kappa shape index (κ3) is 4.46. The number of nitrogens with one attached hydrogen (secondary N) is 2. The molecule has 6 heteroatoms. The molecule has 1 fully saturated rings. The van der Waals surface area contributed by atoms with Crippen molar-refractivity contribution in [3.63, 3.8) is 0 Å². The summed E-state index contributed by atoms with van der Waals surface area (Å²) in [4.78, 5) is 14.3. The largest absolute Gasteiger partial charge is 0.370 e. The van der Waals surface area contributed by atoms with Gasteiger partial charge in [-0.2, -0.15) is 5.26 Å². The van der Waals surface area contributed by atoms with Gasteiger partial charge in [0.15, 0.2) is 0 Å². The van der Waals surface area contributed by atoms with Crippen LogP contribution in [0, 0.1) is 11.3 Å². The Morgan fingerprint density at radius 3 is 3.00 bits per heavy atom. The van der Waals surface area contributed by atoms with Gasteiger partial charge in [-0.25, -0.2) is 0 Å². The zero-order valence-corrected chi connectivity index (χ0v) is 12.0. The zero-order chi connectivity index (χ0) is 14.2. The van der Waals surface area contributed by atoms with E-state index in [-0.39, 0.29) is 11.5 Å². The van der Waals surface area contributed by atoms with Crippen molar-refractivity contribution in [1.29, 1.82) is 5.26 Å². The van der Waals surface area contributed by atoms with E-state index in [9.17, 15) is 4.79 Å². The van der Waals surface area contributed by atoms with E-state index >= 15 is 0 Å². The van der Waals surface area contributed by atoms with Gasteiger partial charge in [0.2, 0.25) is 0 Å². The summed E-state index contributed by atoms with van der Waals surface area (Å²) in [6.07, 6.45) is 1.63. The van der Waals surface area contributed by atoms with Gasteiger partial charge in [0.05, 0.1) is 26.3 Å². The number of morpholine rings is 1. The first-order valence-corrected chi connectivity index (χ1v) is 7.52. The number of hydrogen-bond acceptors (Lipinski definition) is 4. The fourth-order valence-electron chi connectivity index (χ4n) is 2.02. The van der Waals surface area contributed by atoms with Crippen molar-refractivity contribution < 1.29 is 14.4 Å². The lowest BCUT2D eigenvalue weighted by molar-refractivity contribution is -0.906. The van der Waals surface area contributed by atoms with Gasteiger partial charge in [-0.1, -0.05) is 6.07 Å². The molecule has 2 rings (SSSR count). The molecule has 2 heterocycles. The first-order valence-electron chi connectivity index (χ1n) is 6.64. The maximum atomic E-state index is 11.9. The number of hydrogen-bond donors (Lipinski definition) is 2. The lowest BCUT2D eigenvalue weighted by Gasteiger charge is -2.23. The highest BCUT2D eigenvalue weighted by molar-refractivity contribution is 7.10. The molecule has 0 bridgehead atoms. The van der Waals surface area contributed by atoms with Crippen LogP contribution in [0.3, 0.4) is 0 Å². The second-order valence-electron chi connectivity index (χ2n) is 4.55. The molecule has 1 aromatic rings. The number of thiophene rings is 1. The lowest BCUT2D eigenvalue weighted by atomic mass is 10.2. The van der Waals surface area contributed by atoms with Crippen LogP contribution in [-0.2, 0) is 9.53 Å². The van der Waals surface area contributed by atoms with Crippen LogP contribution in [-0.4, -0.2) is 45.3 Å². The van der Waals surface area contributed by atoms with E-state index in [4.69, 9.17) is 10.00 Å². The van der Waals surface area contributed by atoms with Crippen molar-refractivity contribution in [2.45, 2.75) is 0 Å². The summed E-state index contributed by atoms with van der Waals surface area (Å²) in [5.74, 6) is -0.298. The third-order valence-electron chi connectivity index (χ3n) is 3.16. The molecule has 1 amide bonds. The molecule has 1 aliphatic rings. The third-order valence-corrected chi connectivity index (χ3v) is 3.98. The van der Waals surface area contributed by atoms with Crippen LogP contribution in [0.4, 0.5) is 0 Å². The van der Waals surface area contributed by atoms with E-state index in [2.05, 4.69) is 5.32 Å². The van der Waals surface area contributed by atoms with Crippen molar-refractivity contribution in [1.82, 2.24) is 5.32 Å². The number of amides is 1. The Hall–Kier alpha value is -1.68. The molecule has 0 radical (unpaired) electrons. The molecule has 0 aromatic carbocycles. The van der Waals surface area contributed by atoms with Crippen molar-refractivity contribution >= 4 is 23.3 Å². The fourth-order valence-corrected chi connectivity index (χ4v) is 2.68. The second kappa shape index (κ2) is 7.80. The molecule has 5 nitrogen and oxygen atoms in total. The van der Waals surface area contributed by atoms with Crippen molar-refractivity contribution in [3.8, 4) is 6.07 Å². The van der Waals surface area contributed by atoms with E-state index < -0.39 is 0 Å². The van der Waals surface area contributed by atoms with Gasteiger partial charge in [-0.15, -0.1) is 11.3 Å². The predicted octanol–water partition coefficient (Wildman–Crippen LogP) is -0.314. The predicted molar refractivity (Wildman–Crippen MR) is 77.3 cm³/mol. The molecule has 2 N–H and O–H groups in total. The number of carbonyl (C=O) groups excluding carboxylic acids is 1. The van der Waals surface area contributed by atoms with Gasteiger partial charge in [0.25, 0.3) is 5.91 Å². The molecule has 0 aliphatic carbocycles. The molecule has 0 saturated carbocycles. The Bertz CT molecular complexity index is 499.